The van der Waals surface area contributed by atoms with Crippen molar-refractivity contribution in [2.45, 2.75) is 0 Å². The van der Waals surface area contributed by atoms with E-state index in [0.29, 0.717) is 28.3 Å². The maximum atomic E-state index is 13.1. The molecule has 0 fully saturated rings. The summed E-state index contributed by atoms with van der Waals surface area (Å²) in [6.07, 6.45) is 3.04. The van der Waals surface area contributed by atoms with Crippen molar-refractivity contribution in [2.75, 3.05) is 18.6 Å². The number of benzene rings is 1. The SMILES string of the molecule is COc1cc(F)ccc1-c1cncc(N)c1N. The lowest BCUT2D eigenvalue weighted by Gasteiger charge is -2.11. The van der Waals surface area contributed by atoms with Gasteiger partial charge in [-0.2, -0.15) is 0 Å². The van der Waals surface area contributed by atoms with Crippen LogP contribution < -0.4 is 16.2 Å². The van der Waals surface area contributed by atoms with Crippen molar-refractivity contribution in [1.82, 2.24) is 4.98 Å². The molecule has 0 radical (unpaired) electrons. The lowest BCUT2D eigenvalue weighted by atomic mass is 10.0. The molecule has 2 rings (SSSR count). The minimum absolute atomic E-state index is 0.374. The number of ether oxygens (including phenoxy) is 1. The number of hydrogen-bond acceptors (Lipinski definition) is 4. The third-order valence-electron chi connectivity index (χ3n) is 2.47. The van der Waals surface area contributed by atoms with Gasteiger partial charge < -0.3 is 16.2 Å². The summed E-state index contributed by atoms with van der Waals surface area (Å²) in [5.41, 5.74) is 13.6. The average Bonchev–Trinajstić information content (AvgIpc) is 2.33. The largest absolute Gasteiger partial charge is 0.496 e. The predicted octanol–water partition coefficient (Wildman–Crippen LogP) is 2.06. The van der Waals surface area contributed by atoms with Crippen molar-refractivity contribution < 1.29 is 9.13 Å². The number of nitrogen functional groups attached to an aromatic ring is 2. The van der Waals surface area contributed by atoms with E-state index < -0.39 is 0 Å². The summed E-state index contributed by atoms with van der Waals surface area (Å²) in [4.78, 5) is 3.96. The normalized spacial score (nSPS) is 10.2. The number of nitrogens with two attached hydrogens (primary N) is 2. The van der Waals surface area contributed by atoms with Gasteiger partial charge in [-0.1, -0.05) is 0 Å². The smallest absolute Gasteiger partial charge is 0.129 e. The second kappa shape index (κ2) is 4.29. The van der Waals surface area contributed by atoms with E-state index in [1.54, 1.807) is 12.3 Å². The number of anilines is 2. The second-order valence-electron chi connectivity index (χ2n) is 3.53. The van der Waals surface area contributed by atoms with Gasteiger partial charge in [0.25, 0.3) is 0 Å². The van der Waals surface area contributed by atoms with Crippen molar-refractivity contribution in [1.29, 1.82) is 0 Å². The van der Waals surface area contributed by atoms with Crippen LogP contribution >= 0.6 is 0 Å². The van der Waals surface area contributed by atoms with Crippen molar-refractivity contribution in [3.8, 4) is 16.9 Å². The highest BCUT2D eigenvalue weighted by Crippen LogP contribution is 2.35. The maximum absolute atomic E-state index is 13.1. The summed E-state index contributed by atoms with van der Waals surface area (Å²) in [5, 5.41) is 0. The molecule has 5 heteroatoms. The Morgan fingerprint density at radius 2 is 1.94 bits per heavy atom. The van der Waals surface area contributed by atoms with Gasteiger partial charge >= 0.3 is 0 Å². The molecular formula is C12H12FN3O. The Hall–Kier alpha value is -2.30. The van der Waals surface area contributed by atoms with Gasteiger partial charge in [0.15, 0.2) is 0 Å². The van der Waals surface area contributed by atoms with Crippen LogP contribution in [0.3, 0.4) is 0 Å². The molecule has 4 N–H and O–H groups in total. The number of nitrogens with zero attached hydrogens (tertiary/aromatic N) is 1. The lowest BCUT2D eigenvalue weighted by molar-refractivity contribution is 0.413. The second-order valence-corrected chi connectivity index (χ2v) is 3.53. The lowest BCUT2D eigenvalue weighted by Crippen LogP contribution is -1.99. The van der Waals surface area contributed by atoms with E-state index in [1.165, 1.54) is 25.4 Å². The van der Waals surface area contributed by atoms with E-state index in [1.807, 2.05) is 0 Å². The summed E-state index contributed by atoms with van der Waals surface area (Å²) in [7, 11) is 1.47. The molecule has 0 atom stereocenters. The van der Waals surface area contributed by atoms with Crippen molar-refractivity contribution in [3.63, 3.8) is 0 Å². The van der Waals surface area contributed by atoms with Gasteiger partial charge in [-0.15, -0.1) is 0 Å². The standard InChI is InChI=1S/C12H12FN3O/c1-17-11-4-7(13)2-3-8(11)9-5-16-6-10(14)12(9)15/h2-6H,14H2,1H3,(H2,15,16). The molecular weight excluding hydrogens is 221 g/mol. The minimum atomic E-state index is -0.374. The fraction of sp³-hybridized carbons (Fsp3) is 0.0833. The number of hydrogen-bond donors (Lipinski definition) is 2. The molecule has 88 valence electrons. The summed E-state index contributed by atoms with van der Waals surface area (Å²) in [5.74, 6) is 0.0186. The maximum Gasteiger partial charge on any atom is 0.129 e. The highest BCUT2D eigenvalue weighted by atomic mass is 19.1. The van der Waals surface area contributed by atoms with E-state index in [-0.39, 0.29) is 5.82 Å². The van der Waals surface area contributed by atoms with Gasteiger partial charge in [-0.05, 0) is 12.1 Å². The highest BCUT2D eigenvalue weighted by molar-refractivity contribution is 5.85. The number of aromatic nitrogens is 1. The summed E-state index contributed by atoms with van der Waals surface area (Å²) >= 11 is 0. The van der Waals surface area contributed by atoms with Crippen LogP contribution in [0, 0.1) is 5.82 Å². The van der Waals surface area contributed by atoms with Gasteiger partial charge in [0.1, 0.15) is 11.6 Å². The number of pyridine rings is 1. The first-order valence-electron chi connectivity index (χ1n) is 4.96. The Bertz CT molecular complexity index is 557. The molecule has 0 amide bonds. The van der Waals surface area contributed by atoms with Crippen LogP contribution in [-0.2, 0) is 0 Å². The zero-order chi connectivity index (χ0) is 12.4. The molecule has 0 saturated heterocycles. The quantitative estimate of drug-likeness (QED) is 0.832. The first-order chi connectivity index (χ1) is 8.13. The van der Waals surface area contributed by atoms with Crippen LogP contribution in [0.15, 0.2) is 30.6 Å². The molecule has 0 spiro atoms. The van der Waals surface area contributed by atoms with E-state index in [0.717, 1.165) is 0 Å². The Morgan fingerprint density at radius 3 is 2.65 bits per heavy atom. The van der Waals surface area contributed by atoms with Crippen LogP contribution in [0.4, 0.5) is 15.8 Å². The number of methoxy groups -OCH3 is 1. The first kappa shape index (κ1) is 11.2. The highest BCUT2D eigenvalue weighted by Gasteiger charge is 2.11. The van der Waals surface area contributed by atoms with Gasteiger partial charge in [0.05, 0.1) is 24.7 Å². The Labute approximate surface area is 98.0 Å². The molecule has 1 aromatic heterocycles. The molecule has 4 nitrogen and oxygen atoms in total. The number of halogens is 1. The van der Waals surface area contributed by atoms with Crippen molar-refractivity contribution >= 4 is 11.4 Å². The molecule has 0 bridgehead atoms. The zero-order valence-electron chi connectivity index (χ0n) is 9.27. The third kappa shape index (κ3) is 1.99. The van der Waals surface area contributed by atoms with E-state index in [4.69, 9.17) is 16.2 Å². The Morgan fingerprint density at radius 1 is 1.18 bits per heavy atom. The van der Waals surface area contributed by atoms with Crippen molar-refractivity contribution in [2.24, 2.45) is 0 Å². The van der Waals surface area contributed by atoms with Crippen LogP contribution in [0.25, 0.3) is 11.1 Å². The van der Waals surface area contributed by atoms with Gasteiger partial charge in [0.2, 0.25) is 0 Å². The zero-order valence-corrected chi connectivity index (χ0v) is 9.27. The molecule has 17 heavy (non-hydrogen) atoms. The van der Waals surface area contributed by atoms with Gasteiger partial charge in [-0.3, -0.25) is 4.98 Å². The van der Waals surface area contributed by atoms with Crippen LogP contribution in [-0.4, -0.2) is 12.1 Å². The van der Waals surface area contributed by atoms with Crippen molar-refractivity contribution in [3.05, 3.63) is 36.4 Å². The molecule has 0 aliphatic heterocycles. The molecule has 1 heterocycles. The minimum Gasteiger partial charge on any atom is -0.496 e. The molecule has 1 aromatic carbocycles. The molecule has 0 saturated carbocycles. The number of rotatable bonds is 2. The first-order valence-corrected chi connectivity index (χ1v) is 4.96. The molecule has 0 aliphatic carbocycles. The summed E-state index contributed by atoms with van der Waals surface area (Å²) in [6, 6.07) is 4.21. The molecule has 2 aromatic rings. The Kier molecular flexibility index (Phi) is 2.82. The van der Waals surface area contributed by atoms with Crippen LogP contribution in [0.2, 0.25) is 0 Å². The monoisotopic (exact) mass is 233 g/mol. The van der Waals surface area contributed by atoms with Gasteiger partial charge in [-0.25, -0.2) is 4.39 Å². The van der Waals surface area contributed by atoms with E-state index >= 15 is 0 Å². The average molecular weight is 233 g/mol. The van der Waals surface area contributed by atoms with Crippen LogP contribution in [0.1, 0.15) is 0 Å². The van der Waals surface area contributed by atoms with Crippen LogP contribution in [0.5, 0.6) is 5.75 Å². The predicted molar refractivity (Wildman–Crippen MR) is 65.0 cm³/mol. The molecule has 0 aliphatic rings. The van der Waals surface area contributed by atoms with Gasteiger partial charge in [0, 0.05) is 23.4 Å². The Balaban J connectivity index is 2.64. The fourth-order valence-electron chi connectivity index (χ4n) is 1.59. The summed E-state index contributed by atoms with van der Waals surface area (Å²) in [6.45, 7) is 0. The molecule has 0 unspecified atom stereocenters. The fourth-order valence-corrected chi connectivity index (χ4v) is 1.59. The summed E-state index contributed by atoms with van der Waals surface area (Å²) < 4.78 is 18.2. The third-order valence-corrected chi connectivity index (χ3v) is 2.47. The van der Waals surface area contributed by atoms with E-state index in [2.05, 4.69) is 4.98 Å². The topological polar surface area (TPSA) is 74.2 Å². The van der Waals surface area contributed by atoms with E-state index in [9.17, 15) is 4.39 Å².